The molecule has 112 valence electrons. The van der Waals surface area contributed by atoms with Crippen molar-refractivity contribution < 1.29 is 9.53 Å². The molecule has 0 bridgehead atoms. The van der Waals surface area contributed by atoms with Crippen LogP contribution in [0.4, 0.5) is 0 Å². The number of amides is 1. The summed E-state index contributed by atoms with van der Waals surface area (Å²) in [4.78, 5) is 18.3. The van der Waals surface area contributed by atoms with E-state index in [1.54, 1.807) is 0 Å². The number of carbonyl (C=O) groups excluding carboxylic acids is 1. The molecule has 2 aliphatic heterocycles. The van der Waals surface area contributed by atoms with Crippen molar-refractivity contribution in [3.8, 4) is 0 Å². The summed E-state index contributed by atoms with van der Waals surface area (Å²) in [6.07, 6.45) is 2.19. The molecular formula is C14H24N4O2. The summed E-state index contributed by atoms with van der Waals surface area (Å²) in [7, 11) is 0. The molecule has 0 saturated carbocycles. The number of azo groups is 1. The lowest BCUT2D eigenvalue weighted by molar-refractivity contribution is -0.143. The van der Waals surface area contributed by atoms with Crippen molar-refractivity contribution in [3.63, 3.8) is 0 Å². The van der Waals surface area contributed by atoms with E-state index in [1.807, 2.05) is 4.90 Å². The molecule has 2 aliphatic rings. The fourth-order valence-corrected chi connectivity index (χ4v) is 2.34. The minimum absolute atomic E-state index is 0.0674. The molecule has 1 unspecified atom stereocenters. The molecule has 2 heterocycles. The molecule has 1 fully saturated rings. The Morgan fingerprint density at radius 3 is 2.90 bits per heavy atom. The van der Waals surface area contributed by atoms with Gasteiger partial charge in [-0.3, -0.25) is 4.79 Å². The number of ether oxygens (including phenoxy) is 1. The van der Waals surface area contributed by atoms with Crippen molar-refractivity contribution in [2.45, 2.75) is 46.1 Å². The zero-order chi connectivity index (χ0) is 14.6. The van der Waals surface area contributed by atoms with E-state index in [9.17, 15) is 4.79 Å². The predicted octanol–water partition coefficient (Wildman–Crippen LogP) is 2.25. The van der Waals surface area contributed by atoms with Gasteiger partial charge in [-0.25, -0.2) is 4.99 Å². The topological polar surface area (TPSA) is 66.6 Å². The summed E-state index contributed by atoms with van der Waals surface area (Å²) in [6.45, 7) is 8.92. The fraction of sp³-hybridized carbons (Fsp3) is 0.857. The molecule has 20 heavy (non-hydrogen) atoms. The van der Waals surface area contributed by atoms with Gasteiger partial charge in [0.25, 0.3) is 0 Å². The van der Waals surface area contributed by atoms with Gasteiger partial charge in [0.2, 0.25) is 5.91 Å². The molecule has 2 rings (SSSR count). The third-order valence-corrected chi connectivity index (χ3v) is 3.68. The van der Waals surface area contributed by atoms with Crippen LogP contribution in [0, 0.1) is 5.41 Å². The first-order chi connectivity index (χ1) is 9.47. The normalized spacial score (nSPS) is 23.1. The van der Waals surface area contributed by atoms with Crippen LogP contribution in [-0.4, -0.2) is 49.1 Å². The van der Waals surface area contributed by atoms with Crippen molar-refractivity contribution in [1.82, 2.24) is 4.90 Å². The number of nitrogens with zero attached hydrogens (tertiary/aromatic N) is 4. The minimum atomic E-state index is 0.0674. The van der Waals surface area contributed by atoms with Crippen molar-refractivity contribution in [2.75, 3.05) is 26.4 Å². The predicted molar refractivity (Wildman–Crippen MR) is 76.8 cm³/mol. The molecule has 0 aromatic rings. The van der Waals surface area contributed by atoms with Crippen molar-refractivity contribution >= 4 is 11.7 Å². The molecule has 1 saturated heterocycles. The van der Waals surface area contributed by atoms with Crippen LogP contribution < -0.4 is 0 Å². The third kappa shape index (κ3) is 4.10. The number of hydrogen-bond donors (Lipinski definition) is 0. The smallest absolute Gasteiger partial charge is 0.222 e. The van der Waals surface area contributed by atoms with E-state index >= 15 is 0 Å². The van der Waals surface area contributed by atoms with Gasteiger partial charge in [-0.1, -0.05) is 20.8 Å². The molecule has 0 aromatic heterocycles. The summed E-state index contributed by atoms with van der Waals surface area (Å²) in [5, 5.41) is 7.72. The molecule has 0 spiro atoms. The Labute approximate surface area is 120 Å². The van der Waals surface area contributed by atoms with E-state index in [0.29, 0.717) is 32.8 Å². The summed E-state index contributed by atoms with van der Waals surface area (Å²) in [5.41, 5.74) is 0.0674. The molecule has 0 aromatic carbocycles. The highest BCUT2D eigenvalue weighted by Crippen LogP contribution is 2.25. The van der Waals surface area contributed by atoms with Gasteiger partial charge in [0.1, 0.15) is 5.84 Å². The van der Waals surface area contributed by atoms with Crippen LogP contribution in [0.15, 0.2) is 15.2 Å². The molecule has 1 atom stereocenters. The zero-order valence-electron chi connectivity index (χ0n) is 12.6. The van der Waals surface area contributed by atoms with Crippen LogP contribution in [0.25, 0.3) is 0 Å². The van der Waals surface area contributed by atoms with Gasteiger partial charge in [0.05, 0.1) is 12.7 Å². The lowest BCUT2D eigenvalue weighted by Crippen LogP contribution is -2.50. The third-order valence-electron chi connectivity index (χ3n) is 3.68. The highest BCUT2D eigenvalue weighted by atomic mass is 16.5. The molecule has 6 nitrogen and oxygen atoms in total. The number of carbonyl (C=O) groups is 1. The Hall–Kier alpha value is -1.30. The van der Waals surface area contributed by atoms with E-state index in [4.69, 9.17) is 4.74 Å². The van der Waals surface area contributed by atoms with Crippen LogP contribution in [0.2, 0.25) is 0 Å². The van der Waals surface area contributed by atoms with Gasteiger partial charge < -0.3 is 9.64 Å². The van der Waals surface area contributed by atoms with Gasteiger partial charge in [-0.05, 0) is 11.8 Å². The van der Waals surface area contributed by atoms with Crippen LogP contribution in [0.5, 0.6) is 0 Å². The van der Waals surface area contributed by atoms with Gasteiger partial charge in [-0.15, -0.1) is 5.11 Å². The second-order valence-electron chi connectivity index (χ2n) is 6.38. The fourth-order valence-electron chi connectivity index (χ4n) is 2.34. The molecule has 1 amide bonds. The zero-order valence-corrected chi connectivity index (χ0v) is 12.6. The molecule has 0 radical (unpaired) electrons. The Bertz CT molecular complexity index is 412. The Morgan fingerprint density at radius 1 is 1.45 bits per heavy atom. The van der Waals surface area contributed by atoms with Crippen molar-refractivity contribution in [1.29, 1.82) is 0 Å². The molecule has 0 aliphatic carbocycles. The Kier molecular flexibility index (Phi) is 4.86. The lowest BCUT2D eigenvalue weighted by atomic mass is 9.88. The quantitative estimate of drug-likeness (QED) is 0.792. The summed E-state index contributed by atoms with van der Waals surface area (Å²) < 4.78 is 5.77. The van der Waals surface area contributed by atoms with Crippen molar-refractivity contribution in [3.05, 3.63) is 0 Å². The van der Waals surface area contributed by atoms with Crippen LogP contribution >= 0.6 is 0 Å². The number of amidine groups is 1. The van der Waals surface area contributed by atoms with E-state index in [0.717, 1.165) is 18.7 Å². The van der Waals surface area contributed by atoms with Gasteiger partial charge in [0, 0.05) is 25.9 Å². The number of morpholine rings is 1. The maximum atomic E-state index is 12.2. The first-order valence-corrected chi connectivity index (χ1v) is 7.27. The average Bonchev–Trinajstić information content (AvgIpc) is 2.91. The number of rotatable bonds is 4. The summed E-state index contributed by atoms with van der Waals surface area (Å²) in [5.74, 6) is 0.977. The first kappa shape index (κ1) is 15.1. The van der Waals surface area contributed by atoms with Crippen LogP contribution in [-0.2, 0) is 9.53 Å². The van der Waals surface area contributed by atoms with E-state index in [2.05, 4.69) is 36.0 Å². The average molecular weight is 280 g/mol. The second-order valence-corrected chi connectivity index (χ2v) is 6.38. The van der Waals surface area contributed by atoms with E-state index in [-0.39, 0.29) is 17.4 Å². The number of hydrogen-bond acceptors (Lipinski definition) is 5. The van der Waals surface area contributed by atoms with Crippen LogP contribution in [0.3, 0.4) is 0 Å². The maximum absolute atomic E-state index is 12.2. The molecule has 0 N–H and O–H groups in total. The van der Waals surface area contributed by atoms with E-state index < -0.39 is 0 Å². The van der Waals surface area contributed by atoms with Gasteiger partial charge >= 0.3 is 0 Å². The SMILES string of the molecule is CC(C)(C)C1CN(C(=O)CCCC2=NCN=N2)CCO1. The largest absolute Gasteiger partial charge is 0.374 e. The minimum Gasteiger partial charge on any atom is -0.374 e. The van der Waals surface area contributed by atoms with E-state index in [1.165, 1.54) is 0 Å². The molecule has 6 heteroatoms. The standard InChI is InChI=1S/C14H24N4O2/c1-14(2,3)11-9-18(7-8-20-11)13(19)6-4-5-12-15-10-16-17-12/h11H,4-10H2,1-3H3. The Morgan fingerprint density at radius 2 is 2.25 bits per heavy atom. The van der Waals surface area contributed by atoms with Crippen LogP contribution in [0.1, 0.15) is 40.0 Å². The van der Waals surface area contributed by atoms with Gasteiger partial charge in [-0.2, -0.15) is 5.11 Å². The maximum Gasteiger partial charge on any atom is 0.222 e. The lowest BCUT2D eigenvalue weighted by Gasteiger charge is -2.39. The monoisotopic (exact) mass is 280 g/mol. The Balaban J connectivity index is 1.75. The highest BCUT2D eigenvalue weighted by molar-refractivity contribution is 5.84. The number of aliphatic imine (C=N–C) groups is 1. The summed E-state index contributed by atoms with van der Waals surface area (Å²) >= 11 is 0. The first-order valence-electron chi connectivity index (χ1n) is 7.27. The van der Waals surface area contributed by atoms with Crippen molar-refractivity contribution in [2.24, 2.45) is 20.6 Å². The van der Waals surface area contributed by atoms with Gasteiger partial charge in [0.15, 0.2) is 6.67 Å². The summed E-state index contributed by atoms with van der Waals surface area (Å²) in [6, 6.07) is 0. The second kappa shape index (κ2) is 6.43. The molecular weight excluding hydrogens is 256 g/mol. The highest BCUT2D eigenvalue weighted by Gasteiger charge is 2.32.